The first-order valence-electron chi connectivity index (χ1n) is 6.13. The molecule has 0 saturated heterocycles. The van der Waals surface area contributed by atoms with Crippen molar-refractivity contribution in [3.63, 3.8) is 0 Å². The number of hydrogen-bond acceptors (Lipinski definition) is 4. The molecule has 0 spiro atoms. The molecule has 0 bridgehead atoms. The molecule has 0 aromatic heterocycles. The summed E-state index contributed by atoms with van der Waals surface area (Å²) in [6.07, 6.45) is 1.85. The Kier molecular flexibility index (Phi) is 2.74. The first kappa shape index (κ1) is 11.2. The Morgan fingerprint density at radius 2 is 2.06 bits per heavy atom. The summed E-state index contributed by atoms with van der Waals surface area (Å²) in [5.41, 5.74) is 2.14. The molecule has 2 N–H and O–H groups in total. The minimum atomic E-state index is -0.770. The maximum atomic E-state index is 10.7. The lowest BCUT2D eigenvalue weighted by molar-refractivity contribution is -0.137. The number of carboxylic acids is 1. The number of nitrogens with one attached hydrogen (secondary N) is 1. The van der Waals surface area contributed by atoms with Crippen LogP contribution in [0.25, 0.3) is 0 Å². The smallest absolute Gasteiger partial charge is 0.305 e. The standard InChI is InChI=1S/C13H15NO4/c15-13(16)6-9-2-1-8-5-11-12(7-10(8)14-9)18-4-3-17-11/h5,7,9,14H,1-4,6H2,(H,15,16). The summed E-state index contributed by atoms with van der Waals surface area (Å²) in [7, 11) is 0. The normalized spacial score (nSPS) is 20.8. The molecule has 5 heteroatoms. The maximum absolute atomic E-state index is 10.7. The van der Waals surface area contributed by atoms with Crippen molar-refractivity contribution in [2.45, 2.75) is 25.3 Å². The van der Waals surface area contributed by atoms with E-state index < -0.39 is 5.97 Å². The van der Waals surface area contributed by atoms with Gasteiger partial charge >= 0.3 is 5.97 Å². The van der Waals surface area contributed by atoms with E-state index in [4.69, 9.17) is 14.6 Å². The molecule has 0 amide bonds. The molecule has 1 atom stereocenters. The number of fused-ring (bicyclic) bond motifs is 2. The van der Waals surface area contributed by atoms with Gasteiger partial charge in [0.05, 0.1) is 6.42 Å². The zero-order chi connectivity index (χ0) is 12.5. The Labute approximate surface area is 105 Å². The van der Waals surface area contributed by atoms with E-state index in [-0.39, 0.29) is 12.5 Å². The fourth-order valence-corrected chi connectivity index (χ4v) is 2.46. The average Bonchev–Trinajstić information content (AvgIpc) is 2.35. The number of anilines is 1. The minimum absolute atomic E-state index is 0.00226. The molecule has 2 heterocycles. The van der Waals surface area contributed by atoms with Gasteiger partial charge in [-0.25, -0.2) is 0 Å². The molecular formula is C13H15NO4. The van der Waals surface area contributed by atoms with E-state index in [1.165, 1.54) is 5.56 Å². The quantitative estimate of drug-likeness (QED) is 0.834. The fraction of sp³-hybridized carbons (Fsp3) is 0.462. The number of aryl methyl sites for hydroxylation is 1. The Morgan fingerprint density at radius 1 is 1.33 bits per heavy atom. The van der Waals surface area contributed by atoms with E-state index >= 15 is 0 Å². The summed E-state index contributed by atoms with van der Waals surface area (Å²) >= 11 is 0. The Bertz CT molecular complexity index is 486. The van der Waals surface area contributed by atoms with Crippen LogP contribution in [0.4, 0.5) is 5.69 Å². The Hall–Kier alpha value is -1.91. The van der Waals surface area contributed by atoms with Gasteiger partial charge in [0.15, 0.2) is 11.5 Å². The lowest BCUT2D eigenvalue weighted by atomic mass is 9.96. The molecule has 18 heavy (non-hydrogen) atoms. The zero-order valence-corrected chi connectivity index (χ0v) is 9.94. The van der Waals surface area contributed by atoms with Crippen LogP contribution in [-0.4, -0.2) is 30.3 Å². The summed E-state index contributed by atoms with van der Waals surface area (Å²) < 4.78 is 11.1. The minimum Gasteiger partial charge on any atom is -0.486 e. The molecule has 0 saturated carbocycles. The van der Waals surface area contributed by atoms with Crippen LogP contribution in [0, 0.1) is 0 Å². The van der Waals surface area contributed by atoms with Gasteiger partial charge < -0.3 is 19.9 Å². The highest BCUT2D eigenvalue weighted by Gasteiger charge is 2.23. The lowest BCUT2D eigenvalue weighted by Gasteiger charge is -2.28. The Morgan fingerprint density at radius 3 is 2.78 bits per heavy atom. The van der Waals surface area contributed by atoms with Crippen molar-refractivity contribution in [3.05, 3.63) is 17.7 Å². The van der Waals surface area contributed by atoms with E-state index in [0.717, 1.165) is 30.0 Å². The van der Waals surface area contributed by atoms with Crippen LogP contribution in [0.2, 0.25) is 0 Å². The first-order chi connectivity index (χ1) is 8.72. The number of carbonyl (C=O) groups is 1. The van der Waals surface area contributed by atoms with Crippen molar-refractivity contribution < 1.29 is 19.4 Å². The number of aliphatic carboxylic acids is 1. The van der Waals surface area contributed by atoms with Gasteiger partial charge in [0.25, 0.3) is 0 Å². The van der Waals surface area contributed by atoms with Crippen LogP contribution in [0.15, 0.2) is 12.1 Å². The van der Waals surface area contributed by atoms with Crippen molar-refractivity contribution in [1.29, 1.82) is 0 Å². The lowest BCUT2D eigenvalue weighted by Crippen LogP contribution is -2.28. The molecule has 0 fully saturated rings. The predicted molar refractivity (Wildman–Crippen MR) is 65.4 cm³/mol. The van der Waals surface area contributed by atoms with E-state index in [1.807, 2.05) is 12.1 Å². The number of carboxylic acid groups (broad SMARTS) is 1. The molecule has 1 aromatic rings. The van der Waals surface area contributed by atoms with E-state index in [2.05, 4.69) is 5.32 Å². The third-order valence-electron chi connectivity index (χ3n) is 3.31. The number of rotatable bonds is 2. The van der Waals surface area contributed by atoms with Crippen molar-refractivity contribution >= 4 is 11.7 Å². The summed E-state index contributed by atoms with van der Waals surface area (Å²) in [4.78, 5) is 10.7. The van der Waals surface area contributed by atoms with Crippen molar-refractivity contribution in [2.24, 2.45) is 0 Å². The van der Waals surface area contributed by atoms with Gasteiger partial charge in [-0.1, -0.05) is 0 Å². The Balaban J connectivity index is 1.84. The second-order valence-electron chi connectivity index (χ2n) is 4.63. The summed E-state index contributed by atoms with van der Waals surface area (Å²) in [5.74, 6) is 0.760. The van der Waals surface area contributed by atoms with E-state index in [0.29, 0.717) is 13.2 Å². The maximum Gasteiger partial charge on any atom is 0.305 e. The van der Waals surface area contributed by atoms with Gasteiger partial charge in [0, 0.05) is 17.8 Å². The van der Waals surface area contributed by atoms with Crippen LogP contribution in [0.3, 0.4) is 0 Å². The highest BCUT2D eigenvalue weighted by molar-refractivity contribution is 5.69. The largest absolute Gasteiger partial charge is 0.486 e. The summed E-state index contributed by atoms with van der Waals surface area (Å²) in [6, 6.07) is 3.91. The monoisotopic (exact) mass is 249 g/mol. The molecule has 2 aliphatic heterocycles. The molecule has 2 aliphatic rings. The van der Waals surface area contributed by atoms with Gasteiger partial charge in [-0.2, -0.15) is 0 Å². The molecule has 0 radical (unpaired) electrons. The number of benzene rings is 1. The van der Waals surface area contributed by atoms with Crippen molar-refractivity contribution in [3.8, 4) is 11.5 Å². The van der Waals surface area contributed by atoms with Crippen LogP contribution in [0.5, 0.6) is 11.5 Å². The second kappa shape index (κ2) is 4.40. The summed E-state index contributed by atoms with van der Waals surface area (Å²) in [5, 5.41) is 12.1. The zero-order valence-electron chi connectivity index (χ0n) is 9.94. The van der Waals surface area contributed by atoms with Crippen LogP contribution >= 0.6 is 0 Å². The van der Waals surface area contributed by atoms with Crippen LogP contribution in [0.1, 0.15) is 18.4 Å². The van der Waals surface area contributed by atoms with Crippen molar-refractivity contribution in [1.82, 2.24) is 0 Å². The molecule has 0 aliphatic carbocycles. The molecule has 1 aromatic carbocycles. The van der Waals surface area contributed by atoms with Crippen molar-refractivity contribution in [2.75, 3.05) is 18.5 Å². The molecule has 96 valence electrons. The third kappa shape index (κ3) is 2.08. The van der Waals surface area contributed by atoms with Gasteiger partial charge in [-0.15, -0.1) is 0 Å². The summed E-state index contributed by atoms with van der Waals surface area (Å²) in [6.45, 7) is 1.14. The molecule has 1 unspecified atom stereocenters. The molecule has 5 nitrogen and oxygen atoms in total. The highest BCUT2D eigenvalue weighted by atomic mass is 16.6. The third-order valence-corrected chi connectivity index (χ3v) is 3.31. The number of ether oxygens (including phenoxy) is 2. The van der Waals surface area contributed by atoms with Gasteiger partial charge in [0.1, 0.15) is 13.2 Å². The average molecular weight is 249 g/mol. The molecular weight excluding hydrogens is 234 g/mol. The molecule has 3 rings (SSSR count). The fourth-order valence-electron chi connectivity index (χ4n) is 2.46. The van der Waals surface area contributed by atoms with Crippen LogP contribution < -0.4 is 14.8 Å². The second-order valence-corrected chi connectivity index (χ2v) is 4.63. The van der Waals surface area contributed by atoms with Crippen LogP contribution in [-0.2, 0) is 11.2 Å². The first-order valence-corrected chi connectivity index (χ1v) is 6.13. The van der Waals surface area contributed by atoms with E-state index in [9.17, 15) is 4.79 Å². The highest BCUT2D eigenvalue weighted by Crippen LogP contribution is 2.38. The topological polar surface area (TPSA) is 67.8 Å². The van der Waals surface area contributed by atoms with Gasteiger partial charge in [-0.3, -0.25) is 4.79 Å². The SMILES string of the molecule is O=C(O)CC1CCc2cc3c(cc2N1)OCCO3. The predicted octanol–water partition coefficient (Wildman–Crippen LogP) is 1.66. The van der Waals surface area contributed by atoms with Gasteiger partial charge in [0.2, 0.25) is 0 Å². The number of hydrogen-bond donors (Lipinski definition) is 2. The van der Waals surface area contributed by atoms with Gasteiger partial charge in [-0.05, 0) is 24.5 Å². The van der Waals surface area contributed by atoms with E-state index in [1.54, 1.807) is 0 Å².